The van der Waals surface area contributed by atoms with Crippen LogP contribution < -0.4 is 10.7 Å². The Morgan fingerprint density at radius 2 is 1.95 bits per heavy atom. The molecule has 2 amide bonds. The summed E-state index contributed by atoms with van der Waals surface area (Å²) in [6, 6.07) is 9.12. The Morgan fingerprint density at radius 1 is 1.24 bits per heavy atom. The fraction of sp³-hybridized carbons (Fsp3) is 0.529. The van der Waals surface area contributed by atoms with Crippen LogP contribution in [0.15, 0.2) is 35.4 Å². The number of urea groups is 1. The van der Waals surface area contributed by atoms with Gasteiger partial charge < -0.3 is 5.32 Å². The van der Waals surface area contributed by atoms with Crippen LogP contribution in [0, 0.1) is 17.8 Å². The van der Waals surface area contributed by atoms with Crippen molar-refractivity contribution in [1.82, 2.24) is 5.43 Å². The Balaban J connectivity index is 1.96. The fourth-order valence-electron chi connectivity index (χ4n) is 2.89. The summed E-state index contributed by atoms with van der Waals surface area (Å²) < 4.78 is 0. The van der Waals surface area contributed by atoms with Crippen molar-refractivity contribution in [3.05, 3.63) is 30.3 Å². The molecular weight excluding hydrogens is 262 g/mol. The minimum atomic E-state index is -0.283. The number of para-hydroxylation sites is 1. The highest BCUT2D eigenvalue weighted by Gasteiger charge is 2.27. The first-order chi connectivity index (χ1) is 10.1. The number of carbonyl (C=O) groups excluding carboxylic acids is 1. The third-order valence-electron chi connectivity index (χ3n) is 4.09. The van der Waals surface area contributed by atoms with Gasteiger partial charge >= 0.3 is 6.03 Å². The highest BCUT2D eigenvalue weighted by molar-refractivity contribution is 5.92. The molecule has 1 aliphatic carbocycles. The quantitative estimate of drug-likeness (QED) is 0.802. The summed E-state index contributed by atoms with van der Waals surface area (Å²) >= 11 is 0. The van der Waals surface area contributed by atoms with Crippen LogP contribution in [-0.2, 0) is 0 Å². The van der Waals surface area contributed by atoms with Crippen LogP contribution in [0.3, 0.4) is 0 Å². The average molecular weight is 287 g/mol. The molecule has 0 saturated heterocycles. The normalized spacial score (nSPS) is 24.1. The lowest BCUT2D eigenvalue weighted by molar-refractivity contribution is 0.252. The van der Waals surface area contributed by atoms with E-state index in [1.165, 1.54) is 12.8 Å². The Morgan fingerprint density at radius 3 is 2.62 bits per heavy atom. The van der Waals surface area contributed by atoms with E-state index in [0.717, 1.165) is 17.8 Å². The summed E-state index contributed by atoms with van der Waals surface area (Å²) in [6.07, 6.45) is 3.40. The number of anilines is 1. The second kappa shape index (κ2) is 7.25. The first-order valence-electron chi connectivity index (χ1n) is 7.74. The van der Waals surface area contributed by atoms with Crippen LogP contribution in [0.1, 0.15) is 40.0 Å². The second-order valence-corrected chi connectivity index (χ2v) is 6.27. The molecule has 0 heterocycles. The predicted octanol–water partition coefficient (Wildman–Crippen LogP) is 4.26. The average Bonchev–Trinajstić information content (AvgIpc) is 2.46. The minimum absolute atomic E-state index is 0.283. The molecule has 4 heteroatoms. The molecule has 0 unspecified atom stereocenters. The van der Waals surface area contributed by atoms with Gasteiger partial charge in [0.25, 0.3) is 0 Å². The van der Waals surface area contributed by atoms with Gasteiger partial charge in [0.2, 0.25) is 0 Å². The molecule has 1 aromatic rings. The number of nitrogens with zero attached hydrogens (tertiary/aromatic N) is 1. The van der Waals surface area contributed by atoms with E-state index in [4.69, 9.17) is 0 Å². The fourth-order valence-corrected chi connectivity index (χ4v) is 2.89. The van der Waals surface area contributed by atoms with Crippen molar-refractivity contribution in [2.75, 3.05) is 5.32 Å². The lowest BCUT2D eigenvalue weighted by Crippen LogP contribution is -2.32. The van der Waals surface area contributed by atoms with Crippen LogP contribution >= 0.6 is 0 Å². The number of hydrogen-bond acceptors (Lipinski definition) is 2. The first-order valence-corrected chi connectivity index (χ1v) is 7.74. The molecule has 0 aromatic heterocycles. The molecule has 0 radical (unpaired) electrons. The van der Waals surface area contributed by atoms with Crippen molar-refractivity contribution >= 4 is 17.4 Å². The molecule has 1 aromatic carbocycles. The molecule has 2 rings (SSSR count). The zero-order chi connectivity index (χ0) is 15.2. The zero-order valence-electron chi connectivity index (χ0n) is 13.1. The Bertz CT molecular complexity index is 496. The van der Waals surface area contributed by atoms with E-state index < -0.39 is 0 Å². The van der Waals surface area contributed by atoms with Crippen LogP contribution in [0.4, 0.5) is 10.5 Å². The maximum atomic E-state index is 11.9. The maximum absolute atomic E-state index is 11.9. The lowest BCUT2D eigenvalue weighted by atomic mass is 9.76. The summed E-state index contributed by atoms with van der Waals surface area (Å²) in [5, 5.41) is 7.17. The zero-order valence-corrected chi connectivity index (χ0v) is 13.1. The van der Waals surface area contributed by atoms with Gasteiger partial charge in [0.15, 0.2) is 0 Å². The van der Waals surface area contributed by atoms with Crippen LogP contribution in [-0.4, -0.2) is 11.7 Å². The number of carbonyl (C=O) groups is 1. The van der Waals surface area contributed by atoms with Crippen LogP contribution in [0.2, 0.25) is 0 Å². The van der Waals surface area contributed by atoms with Gasteiger partial charge in [-0.25, -0.2) is 10.2 Å². The van der Waals surface area contributed by atoms with E-state index in [0.29, 0.717) is 17.8 Å². The monoisotopic (exact) mass is 287 g/mol. The van der Waals surface area contributed by atoms with Crippen molar-refractivity contribution in [3.63, 3.8) is 0 Å². The van der Waals surface area contributed by atoms with Gasteiger partial charge in [-0.15, -0.1) is 0 Å². The van der Waals surface area contributed by atoms with E-state index in [2.05, 4.69) is 36.6 Å². The van der Waals surface area contributed by atoms with Crippen LogP contribution in [0.5, 0.6) is 0 Å². The standard InChI is InChI=1S/C17H25N3O/c1-12(2)15-10-9-13(3)11-16(15)19-20-17(21)18-14-7-5-4-6-8-14/h4-8,12-13,15H,9-11H2,1-3H3,(H2,18,20,21)/b19-16-/t13-,15+/m0/s1. The molecule has 21 heavy (non-hydrogen) atoms. The molecular formula is C17H25N3O. The Hall–Kier alpha value is -1.84. The van der Waals surface area contributed by atoms with Crippen molar-refractivity contribution in [2.24, 2.45) is 22.9 Å². The lowest BCUT2D eigenvalue weighted by Gasteiger charge is -2.30. The van der Waals surface area contributed by atoms with Crippen molar-refractivity contribution in [3.8, 4) is 0 Å². The summed E-state index contributed by atoms with van der Waals surface area (Å²) in [5.74, 6) is 1.70. The van der Waals surface area contributed by atoms with Crippen molar-refractivity contribution in [1.29, 1.82) is 0 Å². The molecule has 2 atom stereocenters. The highest BCUT2D eigenvalue weighted by atomic mass is 16.2. The summed E-state index contributed by atoms with van der Waals surface area (Å²) in [5.41, 5.74) is 4.55. The smallest absolute Gasteiger partial charge is 0.307 e. The Labute approximate surface area is 127 Å². The molecule has 1 aliphatic rings. The van der Waals surface area contributed by atoms with Gasteiger partial charge in [-0.1, -0.05) is 39.0 Å². The van der Waals surface area contributed by atoms with Gasteiger partial charge in [-0.2, -0.15) is 5.10 Å². The number of hydrogen-bond donors (Lipinski definition) is 2. The summed E-state index contributed by atoms with van der Waals surface area (Å²) in [6.45, 7) is 6.69. The maximum Gasteiger partial charge on any atom is 0.339 e. The van der Waals surface area contributed by atoms with Gasteiger partial charge in [0.05, 0.1) is 0 Å². The third kappa shape index (κ3) is 4.59. The number of nitrogens with one attached hydrogen (secondary N) is 2. The third-order valence-corrected chi connectivity index (χ3v) is 4.09. The van der Waals surface area contributed by atoms with E-state index in [1.54, 1.807) is 0 Å². The Kier molecular flexibility index (Phi) is 5.37. The van der Waals surface area contributed by atoms with Crippen molar-refractivity contribution in [2.45, 2.75) is 40.0 Å². The molecule has 0 bridgehead atoms. The number of benzene rings is 1. The van der Waals surface area contributed by atoms with Gasteiger partial charge in [0.1, 0.15) is 0 Å². The van der Waals surface area contributed by atoms with E-state index >= 15 is 0 Å². The van der Waals surface area contributed by atoms with Crippen molar-refractivity contribution < 1.29 is 4.79 Å². The number of rotatable bonds is 3. The summed E-state index contributed by atoms with van der Waals surface area (Å²) in [7, 11) is 0. The van der Waals surface area contributed by atoms with Crippen LogP contribution in [0.25, 0.3) is 0 Å². The SMILES string of the molecule is CC(C)[C@H]1CC[C@H](C)C/C1=N/NC(=O)Nc1ccccc1. The molecule has 4 nitrogen and oxygen atoms in total. The molecule has 1 fully saturated rings. The second-order valence-electron chi connectivity index (χ2n) is 6.27. The minimum Gasteiger partial charge on any atom is -0.307 e. The molecule has 0 aliphatic heterocycles. The van der Waals surface area contributed by atoms with Gasteiger partial charge in [-0.05, 0) is 43.2 Å². The van der Waals surface area contributed by atoms with Gasteiger partial charge in [-0.3, -0.25) is 0 Å². The van der Waals surface area contributed by atoms with E-state index in [1.807, 2.05) is 30.3 Å². The molecule has 1 saturated carbocycles. The summed E-state index contributed by atoms with van der Waals surface area (Å²) in [4.78, 5) is 11.9. The molecule has 2 N–H and O–H groups in total. The molecule has 0 spiro atoms. The first kappa shape index (κ1) is 15.5. The predicted molar refractivity (Wildman–Crippen MR) is 87.4 cm³/mol. The van der Waals surface area contributed by atoms with E-state index in [9.17, 15) is 4.79 Å². The number of hydrazone groups is 1. The highest BCUT2D eigenvalue weighted by Crippen LogP contribution is 2.31. The number of amides is 2. The largest absolute Gasteiger partial charge is 0.339 e. The van der Waals surface area contributed by atoms with E-state index in [-0.39, 0.29) is 6.03 Å². The molecule has 114 valence electrons. The van der Waals surface area contributed by atoms with Gasteiger partial charge in [0, 0.05) is 17.3 Å². The topological polar surface area (TPSA) is 53.5 Å².